The fourth-order valence-corrected chi connectivity index (χ4v) is 3.31. The third-order valence-corrected chi connectivity index (χ3v) is 4.44. The Bertz CT molecular complexity index is 214. The van der Waals surface area contributed by atoms with Gasteiger partial charge < -0.3 is 0 Å². The second kappa shape index (κ2) is 6.47. The molecular formula is C16H30. The predicted octanol–water partition coefficient (Wildman–Crippen LogP) is 5.30. The molecule has 0 N–H and O–H groups in total. The molecule has 16 heavy (non-hydrogen) atoms. The van der Waals surface area contributed by atoms with E-state index in [1.54, 1.807) is 0 Å². The van der Waals surface area contributed by atoms with Gasteiger partial charge in [0.05, 0.1) is 0 Å². The maximum atomic E-state index is 2.44. The second-order valence-electron chi connectivity index (χ2n) is 5.93. The highest BCUT2D eigenvalue weighted by Crippen LogP contribution is 2.53. The average Bonchev–Trinajstić information content (AvgIpc) is 2.90. The van der Waals surface area contributed by atoms with Gasteiger partial charge in [-0.05, 0) is 55.3 Å². The van der Waals surface area contributed by atoms with Gasteiger partial charge in [0, 0.05) is 0 Å². The first kappa shape index (κ1) is 13.8. The summed E-state index contributed by atoms with van der Waals surface area (Å²) < 4.78 is 0. The van der Waals surface area contributed by atoms with Gasteiger partial charge in [-0.25, -0.2) is 0 Å². The highest BCUT2D eigenvalue weighted by Gasteiger charge is 2.47. The minimum atomic E-state index is 0.834. The van der Waals surface area contributed by atoms with E-state index >= 15 is 0 Å². The van der Waals surface area contributed by atoms with E-state index in [0.717, 1.165) is 29.6 Å². The van der Waals surface area contributed by atoms with E-state index in [2.05, 4.69) is 46.8 Å². The normalized spacial score (nSPS) is 31.2. The van der Waals surface area contributed by atoms with Crippen molar-refractivity contribution < 1.29 is 0 Å². The smallest absolute Gasteiger partial charge is 0.0236 e. The molecule has 0 aliphatic heterocycles. The Hall–Kier alpha value is -0.260. The summed E-state index contributed by atoms with van der Waals surface area (Å²) in [7, 11) is 0. The molecule has 0 aromatic rings. The predicted molar refractivity (Wildman–Crippen MR) is 73.4 cm³/mol. The number of allylic oxidation sites excluding steroid dienone is 2. The van der Waals surface area contributed by atoms with Crippen LogP contribution >= 0.6 is 0 Å². The first-order valence-electron chi connectivity index (χ1n) is 7.28. The summed E-state index contributed by atoms with van der Waals surface area (Å²) in [4.78, 5) is 0. The van der Waals surface area contributed by atoms with Crippen LogP contribution in [0.2, 0.25) is 0 Å². The van der Waals surface area contributed by atoms with Gasteiger partial charge in [-0.15, -0.1) is 0 Å². The summed E-state index contributed by atoms with van der Waals surface area (Å²) in [5.41, 5.74) is 0. The molecule has 0 saturated heterocycles. The van der Waals surface area contributed by atoms with Crippen LogP contribution in [-0.4, -0.2) is 0 Å². The van der Waals surface area contributed by atoms with Crippen molar-refractivity contribution >= 4 is 0 Å². The van der Waals surface area contributed by atoms with Crippen molar-refractivity contribution in [1.82, 2.24) is 0 Å². The molecule has 94 valence electrons. The molecule has 0 heterocycles. The van der Waals surface area contributed by atoms with Gasteiger partial charge in [0.15, 0.2) is 0 Å². The van der Waals surface area contributed by atoms with E-state index in [4.69, 9.17) is 0 Å². The third kappa shape index (κ3) is 3.64. The molecule has 0 amide bonds. The highest BCUT2D eigenvalue weighted by atomic mass is 14.5. The van der Waals surface area contributed by atoms with Crippen molar-refractivity contribution in [3.8, 4) is 0 Å². The Balaban J connectivity index is 2.26. The van der Waals surface area contributed by atoms with Crippen LogP contribution < -0.4 is 0 Å². The molecule has 1 rings (SSSR count). The van der Waals surface area contributed by atoms with Crippen molar-refractivity contribution in [2.75, 3.05) is 0 Å². The Morgan fingerprint density at radius 3 is 2.31 bits per heavy atom. The van der Waals surface area contributed by atoms with E-state index in [-0.39, 0.29) is 0 Å². The summed E-state index contributed by atoms with van der Waals surface area (Å²) >= 11 is 0. The van der Waals surface area contributed by atoms with Crippen LogP contribution in [0.1, 0.15) is 60.3 Å². The van der Waals surface area contributed by atoms with Crippen LogP contribution in [0.5, 0.6) is 0 Å². The lowest BCUT2D eigenvalue weighted by atomic mass is 9.96. The molecule has 1 aliphatic carbocycles. The van der Waals surface area contributed by atoms with E-state index in [1.807, 2.05) is 0 Å². The molecule has 0 nitrogen and oxygen atoms in total. The van der Waals surface area contributed by atoms with Gasteiger partial charge in [0.25, 0.3) is 0 Å². The fourth-order valence-electron chi connectivity index (χ4n) is 3.31. The lowest BCUT2D eigenvalue weighted by molar-refractivity contribution is 0.460. The average molecular weight is 222 g/mol. The third-order valence-electron chi connectivity index (χ3n) is 4.44. The molecule has 4 unspecified atom stereocenters. The van der Waals surface area contributed by atoms with Crippen molar-refractivity contribution in [3.05, 3.63) is 12.2 Å². The van der Waals surface area contributed by atoms with Gasteiger partial charge in [0.2, 0.25) is 0 Å². The van der Waals surface area contributed by atoms with E-state index in [9.17, 15) is 0 Å². The van der Waals surface area contributed by atoms with Crippen molar-refractivity contribution in [3.63, 3.8) is 0 Å². The van der Waals surface area contributed by atoms with Gasteiger partial charge >= 0.3 is 0 Å². The number of hydrogen-bond acceptors (Lipinski definition) is 0. The summed E-state index contributed by atoms with van der Waals surface area (Å²) in [6.45, 7) is 11.8. The van der Waals surface area contributed by atoms with Crippen molar-refractivity contribution in [1.29, 1.82) is 0 Å². The molecular weight excluding hydrogens is 192 g/mol. The van der Waals surface area contributed by atoms with Crippen LogP contribution in [0, 0.1) is 29.6 Å². The minimum Gasteiger partial charge on any atom is -0.0885 e. The summed E-state index contributed by atoms with van der Waals surface area (Å²) in [5, 5.41) is 0. The van der Waals surface area contributed by atoms with Crippen LogP contribution in [0.3, 0.4) is 0 Å². The van der Waals surface area contributed by atoms with Gasteiger partial charge in [-0.3, -0.25) is 0 Å². The first-order valence-corrected chi connectivity index (χ1v) is 7.28. The minimum absolute atomic E-state index is 0.834. The molecule has 0 spiro atoms. The highest BCUT2D eigenvalue weighted by molar-refractivity contribution is 4.97. The molecule has 1 fully saturated rings. The Kier molecular flexibility index (Phi) is 5.58. The van der Waals surface area contributed by atoms with E-state index in [0.29, 0.717) is 0 Å². The standard InChI is InChI=1S/C16H30/c1-6-8-9-14(7-2)10-11-15-13(5)16(15)12(3)4/h8-9,12-16H,6-7,10-11H2,1-5H3. The molecule has 1 saturated carbocycles. The van der Waals surface area contributed by atoms with E-state index < -0.39 is 0 Å². The van der Waals surface area contributed by atoms with Crippen LogP contribution in [0.4, 0.5) is 0 Å². The zero-order chi connectivity index (χ0) is 12.1. The maximum Gasteiger partial charge on any atom is -0.0236 e. The zero-order valence-electron chi connectivity index (χ0n) is 11.9. The lowest BCUT2D eigenvalue weighted by Gasteiger charge is -2.10. The maximum absolute atomic E-state index is 2.44. The molecule has 4 atom stereocenters. The Morgan fingerprint density at radius 2 is 1.88 bits per heavy atom. The molecule has 0 aromatic heterocycles. The number of hydrogen-bond donors (Lipinski definition) is 0. The number of rotatable bonds is 7. The van der Waals surface area contributed by atoms with Crippen LogP contribution in [0.25, 0.3) is 0 Å². The van der Waals surface area contributed by atoms with Gasteiger partial charge in [-0.1, -0.05) is 46.8 Å². The second-order valence-corrected chi connectivity index (χ2v) is 5.93. The van der Waals surface area contributed by atoms with Crippen molar-refractivity contribution in [2.45, 2.75) is 60.3 Å². The quantitative estimate of drug-likeness (QED) is 0.513. The van der Waals surface area contributed by atoms with Crippen molar-refractivity contribution in [2.24, 2.45) is 29.6 Å². The molecule has 0 heteroatoms. The Morgan fingerprint density at radius 1 is 1.19 bits per heavy atom. The topological polar surface area (TPSA) is 0 Å². The van der Waals surface area contributed by atoms with E-state index in [1.165, 1.54) is 25.7 Å². The van der Waals surface area contributed by atoms with Crippen LogP contribution in [0.15, 0.2) is 12.2 Å². The Labute approximate surface area is 103 Å². The molecule has 0 aromatic carbocycles. The largest absolute Gasteiger partial charge is 0.0885 e. The monoisotopic (exact) mass is 222 g/mol. The fraction of sp³-hybridized carbons (Fsp3) is 0.875. The first-order chi connectivity index (χ1) is 7.61. The molecule has 0 radical (unpaired) electrons. The SMILES string of the molecule is CCC=CC(CC)CCC1C(C)C1C(C)C. The summed E-state index contributed by atoms with van der Waals surface area (Å²) in [6.07, 6.45) is 10.1. The molecule has 1 aliphatic rings. The summed E-state index contributed by atoms with van der Waals surface area (Å²) in [5.74, 6) is 4.77. The van der Waals surface area contributed by atoms with Gasteiger partial charge in [-0.2, -0.15) is 0 Å². The van der Waals surface area contributed by atoms with Gasteiger partial charge in [0.1, 0.15) is 0 Å². The zero-order valence-corrected chi connectivity index (χ0v) is 11.9. The summed E-state index contributed by atoms with van der Waals surface area (Å²) in [6, 6.07) is 0. The lowest BCUT2D eigenvalue weighted by Crippen LogP contribution is -1.98. The van der Waals surface area contributed by atoms with Crippen LogP contribution in [-0.2, 0) is 0 Å². The molecule has 0 bridgehead atoms.